The van der Waals surface area contributed by atoms with Gasteiger partial charge in [-0.25, -0.2) is 13.6 Å². The van der Waals surface area contributed by atoms with E-state index >= 15 is 0 Å². The highest BCUT2D eigenvalue weighted by Crippen LogP contribution is 2.39. The maximum absolute atomic E-state index is 12.5. The average molecular weight is 394 g/mol. The molecule has 0 fully saturated rings. The molecule has 0 saturated carbocycles. The number of hydrogen-bond acceptors (Lipinski definition) is 6. The van der Waals surface area contributed by atoms with Gasteiger partial charge in [0.15, 0.2) is 11.5 Å². The summed E-state index contributed by atoms with van der Waals surface area (Å²) in [5.41, 5.74) is 1.18. The van der Waals surface area contributed by atoms with Crippen molar-refractivity contribution in [2.24, 2.45) is 5.14 Å². The lowest BCUT2D eigenvalue weighted by Crippen LogP contribution is -2.26. The minimum absolute atomic E-state index is 0.0466. The summed E-state index contributed by atoms with van der Waals surface area (Å²) in [5.74, 6) is 0.757. The van der Waals surface area contributed by atoms with E-state index in [2.05, 4.69) is 5.32 Å². The van der Waals surface area contributed by atoms with E-state index in [9.17, 15) is 13.2 Å². The highest BCUT2D eigenvalue weighted by atomic mass is 32.2. The highest BCUT2D eigenvalue weighted by molar-refractivity contribution is 7.89. The number of hydrogen-bond donors (Lipinski definition) is 2. The van der Waals surface area contributed by atoms with Crippen molar-refractivity contribution in [3.8, 4) is 17.2 Å². The fourth-order valence-electron chi connectivity index (χ4n) is 2.54. The molecule has 0 saturated heterocycles. The monoisotopic (exact) mass is 394 g/mol. The number of nitrogens with one attached hydrogen (secondary N) is 1. The third kappa shape index (κ3) is 4.89. The Balaban J connectivity index is 2.06. The van der Waals surface area contributed by atoms with Gasteiger partial charge in [0.05, 0.1) is 31.8 Å². The van der Waals surface area contributed by atoms with E-state index in [1.165, 1.54) is 33.5 Å². The summed E-state index contributed by atoms with van der Waals surface area (Å²) in [6.07, 6.45) is 0.520. The molecule has 146 valence electrons. The Morgan fingerprint density at radius 2 is 1.59 bits per heavy atom. The van der Waals surface area contributed by atoms with Gasteiger partial charge in [-0.05, 0) is 36.2 Å². The molecule has 0 aromatic heterocycles. The Labute approximate surface area is 158 Å². The van der Waals surface area contributed by atoms with Crippen LogP contribution in [-0.4, -0.2) is 42.2 Å². The molecule has 27 heavy (non-hydrogen) atoms. The topological polar surface area (TPSA) is 117 Å². The van der Waals surface area contributed by atoms with Crippen molar-refractivity contribution in [1.82, 2.24) is 5.32 Å². The van der Waals surface area contributed by atoms with Crippen LogP contribution in [0.15, 0.2) is 41.3 Å². The smallest absolute Gasteiger partial charge is 0.255 e. The molecular formula is C18H22N2O6S. The molecular weight excluding hydrogens is 372 g/mol. The molecule has 0 bridgehead atoms. The zero-order valence-electron chi connectivity index (χ0n) is 15.3. The minimum Gasteiger partial charge on any atom is -0.493 e. The van der Waals surface area contributed by atoms with Crippen molar-refractivity contribution in [2.45, 2.75) is 11.3 Å². The van der Waals surface area contributed by atoms with Crippen LogP contribution in [0.1, 0.15) is 15.9 Å². The first-order valence-corrected chi connectivity index (χ1v) is 9.55. The van der Waals surface area contributed by atoms with Crippen molar-refractivity contribution in [3.05, 3.63) is 47.5 Å². The maximum atomic E-state index is 12.5. The Kier molecular flexibility index (Phi) is 6.65. The molecule has 0 radical (unpaired) electrons. The molecule has 0 atom stereocenters. The first-order valence-electron chi connectivity index (χ1n) is 8.00. The second-order valence-electron chi connectivity index (χ2n) is 5.58. The van der Waals surface area contributed by atoms with E-state index < -0.39 is 10.0 Å². The fourth-order valence-corrected chi connectivity index (χ4v) is 3.06. The lowest BCUT2D eigenvalue weighted by molar-refractivity contribution is 0.0950. The Morgan fingerprint density at radius 1 is 0.963 bits per heavy atom. The SMILES string of the molecule is COc1ccc(C(=O)NCCc2ccc(S(N)(=O)=O)cc2)c(OC)c1OC. The second kappa shape index (κ2) is 8.74. The lowest BCUT2D eigenvalue weighted by atomic mass is 10.1. The summed E-state index contributed by atoms with van der Waals surface area (Å²) in [7, 11) is 0.694. The average Bonchev–Trinajstić information content (AvgIpc) is 2.66. The van der Waals surface area contributed by atoms with Gasteiger partial charge in [-0.15, -0.1) is 0 Å². The second-order valence-corrected chi connectivity index (χ2v) is 7.14. The number of methoxy groups -OCH3 is 3. The molecule has 0 aliphatic carbocycles. The van der Waals surface area contributed by atoms with Crippen molar-refractivity contribution in [3.63, 3.8) is 0 Å². The Morgan fingerprint density at radius 3 is 2.11 bits per heavy atom. The lowest BCUT2D eigenvalue weighted by Gasteiger charge is -2.15. The van der Waals surface area contributed by atoms with Crippen LogP contribution in [-0.2, 0) is 16.4 Å². The van der Waals surface area contributed by atoms with Crippen LogP contribution in [0.4, 0.5) is 0 Å². The number of benzene rings is 2. The van der Waals surface area contributed by atoms with E-state index in [0.29, 0.717) is 30.0 Å². The predicted molar refractivity (Wildman–Crippen MR) is 100.0 cm³/mol. The molecule has 2 aromatic carbocycles. The number of rotatable bonds is 8. The van der Waals surface area contributed by atoms with Crippen LogP contribution in [0.3, 0.4) is 0 Å². The third-order valence-electron chi connectivity index (χ3n) is 3.90. The summed E-state index contributed by atoms with van der Waals surface area (Å²) in [5, 5.41) is 7.86. The molecule has 2 rings (SSSR count). The number of carbonyl (C=O) groups excluding carboxylic acids is 1. The third-order valence-corrected chi connectivity index (χ3v) is 4.83. The van der Waals surface area contributed by atoms with Crippen LogP contribution in [0, 0.1) is 0 Å². The zero-order chi connectivity index (χ0) is 20.0. The zero-order valence-corrected chi connectivity index (χ0v) is 16.1. The normalized spacial score (nSPS) is 11.0. The van der Waals surface area contributed by atoms with E-state index in [0.717, 1.165) is 5.56 Å². The fraction of sp³-hybridized carbons (Fsp3) is 0.278. The molecule has 0 unspecified atom stereocenters. The van der Waals surface area contributed by atoms with Crippen LogP contribution >= 0.6 is 0 Å². The van der Waals surface area contributed by atoms with Gasteiger partial charge in [0, 0.05) is 6.54 Å². The van der Waals surface area contributed by atoms with Crippen molar-refractivity contribution < 1.29 is 27.4 Å². The van der Waals surface area contributed by atoms with Crippen molar-refractivity contribution in [2.75, 3.05) is 27.9 Å². The number of carbonyl (C=O) groups is 1. The molecule has 0 aliphatic rings. The predicted octanol–water partition coefficient (Wildman–Crippen LogP) is 1.33. The van der Waals surface area contributed by atoms with E-state index in [-0.39, 0.29) is 16.6 Å². The number of amides is 1. The molecule has 2 aromatic rings. The van der Waals surface area contributed by atoms with E-state index in [1.807, 2.05) is 0 Å². The molecule has 3 N–H and O–H groups in total. The highest BCUT2D eigenvalue weighted by Gasteiger charge is 2.20. The van der Waals surface area contributed by atoms with Crippen LogP contribution in [0.5, 0.6) is 17.2 Å². The maximum Gasteiger partial charge on any atom is 0.255 e. The first-order chi connectivity index (χ1) is 12.8. The number of primary sulfonamides is 1. The summed E-state index contributed by atoms with van der Waals surface area (Å²) >= 11 is 0. The van der Waals surface area contributed by atoms with Gasteiger partial charge < -0.3 is 19.5 Å². The van der Waals surface area contributed by atoms with Gasteiger partial charge >= 0.3 is 0 Å². The van der Waals surface area contributed by atoms with Crippen LogP contribution < -0.4 is 24.7 Å². The minimum atomic E-state index is -3.72. The van der Waals surface area contributed by atoms with Gasteiger partial charge in [0.2, 0.25) is 15.8 Å². The number of sulfonamides is 1. The molecule has 9 heteroatoms. The van der Waals surface area contributed by atoms with Crippen molar-refractivity contribution in [1.29, 1.82) is 0 Å². The van der Waals surface area contributed by atoms with Crippen LogP contribution in [0.2, 0.25) is 0 Å². The molecule has 0 spiro atoms. The van der Waals surface area contributed by atoms with E-state index in [1.54, 1.807) is 24.3 Å². The molecule has 0 heterocycles. The van der Waals surface area contributed by atoms with Gasteiger partial charge in [-0.2, -0.15) is 0 Å². The Hall–Kier alpha value is -2.78. The quantitative estimate of drug-likeness (QED) is 0.698. The summed E-state index contributed by atoms with van der Waals surface area (Å²) in [4.78, 5) is 12.5. The summed E-state index contributed by atoms with van der Waals surface area (Å²) < 4.78 is 38.3. The summed E-state index contributed by atoms with van der Waals surface area (Å²) in [6.45, 7) is 0.352. The van der Waals surface area contributed by atoms with Gasteiger partial charge in [-0.3, -0.25) is 4.79 Å². The number of ether oxygens (including phenoxy) is 3. The Bertz CT molecular complexity index is 910. The largest absolute Gasteiger partial charge is 0.493 e. The first kappa shape index (κ1) is 20.5. The molecule has 0 aliphatic heterocycles. The number of nitrogens with two attached hydrogens (primary N) is 1. The van der Waals surface area contributed by atoms with Crippen LogP contribution in [0.25, 0.3) is 0 Å². The van der Waals surface area contributed by atoms with Crippen molar-refractivity contribution >= 4 is 15.9 Å². The molecule has 8 nitrogen and oxygen atoms in total. The van der Waals surface area contributed by atoms with Gasteiger partial charge in [0.25, 0.3) is 5.91 Å². The molecule has 1 amide bonds. The summed E-state index contributed by atoms with van der Waals surface area (Å²) in [6, 6.07) is 9.40. The van der Waals surface area contributed by atoms with Gasteiger partial charge in [0.1, 0.15) is 0 Å². The standard InChI is InChI=1S/C18H22N2O6S/c1-24-15-9-8-14(16(25-2)17(15)26-3)18(21)20-11-10-12-4-6-13(7-5-12)27(19,22)23/h4-9H,10-11H2,1-3H3,(H,20,21)(H2,19,22,23). The van der Waals surface area contributed by atoms with Gasteiger partial charge in [-0.1, -0.05) is 12.1 Å². The van der Waals surface area contributed by atoms with E-state index in [4.69, 9.17) is 19.3 Å².